The van der Waals surface area contributed by atoms with E-state index in [1.165, 1.54) is 0 Å². The third-order valence-corrected chi connectivity index (χ3v) is 1.27. The molecule has 0 atom stereocenters. The molecule has 0 saturated carbocycles. The molecule has 11 heavy (non-hydrogen) atoms. The van der Waals surface area contributed by atoms with Gasteiger partial charge in [-0.05, 0) is 24.4 Å². The number of benzene rings is 1. The van der Waals surface area contributed by atoms with Gasteiger partial charge in [0.15, 0.2) is 0 Å². The van der Waals surface area contributed by atoms with Crippen molar-refractivity contribution in [2.45, 2.75) is 0 Å². The van der Waals surface area contributed by atoms with Gasteiger partial charge in [0.25, 0.3) is 0 Å². The Labute approximate surface area is 69.6 Å². The van der Waals surface area contributed by atoms with Crippen molar-refractivity contribution in [3.63, 3.8) is 0 Å². The second-order valence-corrected chi connectivity index (χ2v) is 2.10. The minimum atomic E-state index is 0.594. The number of aldehydes is 1. The maximum Gasteiger partial charge on any atom is 0.150 e. The van der Waals surface area contributed by atoms with E-state index < -0.39 is 0 Å². The van der Waals surface area contributed by atoms with Gasteiger partial charge in [-0.2, -0.15) is 4.99 Å². The van der Waals surface area contributed by atoms with Gasteiger partial charge in [-0.3, -0.25) is 4.79 Å². The molecule has 1 aromatic rings. The second kappa shape index (κ2) is 3.76. The summed E-state index contributed by atoms with van der Waals surface area (Å²) in [5, 5.41) is 2.23. The topological polar surface area (TPSA) is 29.4 Å². The van der Waals surface area contributed by atoms with Gasteiger partial charge >= 0.3 is 0 Å². The lowest BCUT2D eigenvalue weighted by Crippen LogP contribution is -1.75. The Morgan fingerprint density at radius 1 is 1.55 bits per heavy atom. The summed E-state index contributed by atoms with van der Waals surface area (Å²) in [6.07, 6.45) is 0.766. The monoisotopic (exact) mass is 163 g/mol. The number of isothiocyanates is 1. The van der Waals surface area contributed by atoms with Crippen molar-refractivity contribution < 1.29 is 4.79 Å². The summed E-state index contributed by atoms with van der Waals surface area (Å²) in [5.41, 5.74) is 1.25. The van der Waals surface area contributed by atoms with Crippen LogP contribution in [0, 0.1) is 0 Å². The average molecular weight is 163 g/mol. The highest BCUT2D eigenvalue weighted by molar-refractivity contribution is 7.78. The van der Waals surface area contributed by atoms with E-state index in [2.05, 4.69) is 22.4 Å². The number of hydrogen-bond donors (Lipinski definition) is 0. The van der Waals surface area contributed by atoms with Crippen molar-refractivity contribution in [1.29, 1.82) is 0 Å². The zero-order valence-electron chi connectivity index (χ0n) is 5.65. The largest absolute Gasteiger partial charge is 0.298 e. The van der Waals surface area contributed by atoms with Crippen LogP contribution in [0.25, 0.3) is 0 Å². The fourth-order valence-corrected chi connectivity index (χ4v) is 0.826. The maximum absolute atomic E-state index is 10.3. The van der Waals surface area contributed by atoms with E-state index in [-0.39, 0.29) is 0 Å². The summed E-state index contributed by atoms with van der Waals surface area (Å²) in [6.45, 7) is 0. The first-order chi connectivity index (χ1) is 5.36. The second-order valence-electron chi connectivity index (χ2n) is 1.92. The highest BCUT2D eigenvalue weighted by Gasteiger charge is 1.90. The van der Waals surface area contributed by atoms with Crippen LogP contribution in [-0.2, 0) is 0 Å². The molecule has 3 heteroatoms. The standard InChI is InChI=1S/C8H5NOS/c10-5-7-2-1-3-8(4-7)9-6-11/h1-5H. The number of thiocarbonyl (C=S) groups is 1. The van der Waals surface area contributed by atoms with Crippen LogP contribution >= 0.6 is 12.2 Å². The minimum absolute atomic E-state index is 0.594. The van der Waals surface area contributed by atoms with Crippen LogP contribution in [0.1, 0.15) is 10.4 Å². The predicted octanol–water partition coefficient (Wildman–Crippen LogP) is 2.23. The van der Waals surface area contributed by atoms with E-state index in [0.717, 1.165) is 6.29 Å². The quantitative estimate of drug-likeness (QED) is 0.380. The Morgan fingerprint density at radius 3 is 3.00 bits per heavy atom. The predicted molar refractivity (Wildman–Crippen MR) is 46.5 cm³/mol. The molecule has 0 spiro atoms. The Bertz CT molecular complexity index is 316. The van der Waals surface area contributed by atoms with Crippen LogP contribution in [0.15, 0.2) is 29.3 Å². The van der Waals surface area contributed by atoms with E-state index in [1.54, 1.807) is 24.3 Å². The van der Waals surface area contributed by atoms with Gasteiger partial charge in [-0.25, -0.2) is 0 Å². The maximum atomic E-state index is 10.3. The van der Waals surface area contributed by atoms with E-state index in [0.29, 0.717) is 11.3 Å². The van der Waals surface area contributed by atoms with Gasteiger partial charge in [0.05, 0.1) is 10.8 Å². The van der Waals surface area contributed by atoms with Crippen molar-refractivity contribution in [2.24, 2.45) is 4.99 Å². The first-order valence-electron chi connectivity index (χ1n) is 3.00. The molecule has 0 radical (unpaired) electrons. The van der Waals surface area contributed by atoms with Crippen LogP contribution in [-0.4, -0.2) is 11.4 Å². The Hall–Kier alpha value is -1.31. The molecule has 0 unspecified atom stereocenters. The van der Waals surface area contributed by atoms with E-state index in [1.807, 2.05) is 0 Å². The van der Waals surface area contributed by atoms with Gasteiger partial charge in [0.1, 0.15) is 6.29 Å². The fourth-order valence-electron chi connectivity index (χ4n) is 0.720. The van der Waals surface area contributed by atoms with Crippen LogP contribution in [0.3, 0.4) is 0 Å². The van der Waals surface area contributed by atoms with Gasteiger partial charge in [-0.15, -0.1) is 0 Å². The molecular weight excluding hydrogens is 158 g/mol. The molecule has 1 aromatic carbocycles. The van der Waals surface area contributed by atoms with Crippen LogP contribution in [0.4, 0.5) is 5.69 Å². The summed E-state index contributed by atoms with van der Waals surface area (Å²) < 4.78 is 0. The van der Waals surface area contributed by atoms with E-state index >= 15 is 0 Å². The molecule has 0 aromatic heterocycles. The molecule has 0 fully saturated rings. The van der Waals surface area contributed by atoms with E-state index in [4.69, 9.17) is 0 Å². The third-order valence-electron chi connectivity index (χ3n) is 1.18. The lowest BCUT2D eigenvalue weighted by molar-refractivity contribution is 0.112. The Morgan fingerprint density at radius 2 is 2.36 bits per heavy atom. The number of rotatable bonds is 2. The molecule has 0 aliphatic rings. The van der Waals surface area contributed by atoms with Crippen molar-refractivity contribution in [2.75, 3.05) is 0 Å². The molecule has 2 nitrogen and oxygen atoms in total. The third kappa shape index (κ3) is 2.08. The van der Waals surface area contributed by atoms with Gasteiger partial charge in [-0.1, -0.05) is 12.1 Å². The minimum Gasteiger partial charge on any atom is -0.298 e. The van der Waals surface area contributed by atoms with Crippen LogP contribution in [0.2, 0.25) is 0 Å². The average Bonchev–Trinajstić information content (AvgIpc) is 2.06. The number of hydrogen-bond acceptors (Lipinski definition) is 3. The van der Waals surface area contributed by atoms with Crippen molar-refractivity contribution in [1.82, 2.24) is 0 Å². The summed E-state index contributed by atoms with van der Waals surface area (Å²) in [7, 11) is 0. The Balaban J connectivity index is 3.09. The molecular formula is C8H5NOS. The molecule has 54 valence electrons. The molecule has 0 aliphatic heterocycles. The number of nitrogens with zero attached hydrogens (tertiary/aromatic N) is 1. The zero-order valence-corrected chi connectivity index (χ0v) is 6.47. The zero-order chi connectivity index (χ0) is 8.10. The number of carbonyl (C=O) groups excluding carboxylic acids is 1. The lowest BCUT2D eigenvalue weighted by atomic mass is 10.2. The normalized spacial score (nSPS) is 8.36. The first-order valence-corrected chi connectivity index (χ1v) is 3.41. The van der Waals surface area contributed by atoms with E-state index in [9.17, 15) is 4.79 Å². The van der Waals surface area contributed by atoms with Gasteiger partial charge in [0, 0.05) is 5.56 Å². The number of aliphatic imine (C=N–C) groups is 1. The molecule has 0 amide bonds. The van der Waals surface area contributed by atoms with Gasteiger partial charge in [0.2, 0.25) is 0 Å². The van der Waals surface area contributed by atoms with Crippen LogP contribution < -0.4 is 0 Å². The molecule has 0 aliphatic carbocycles. The fraction of sp³-hybridized carbons (Fsp3) is 0. The molecule has 1 rings (SSSR count). The molecule has 0 N–H and O–H groups in total. The summed E-state index contributed by atoms with van der Waals surface area (Å²) in [6, 6.07) is 6.85. The molecule has 0 heterocycles. The van der Waals surface area contributed by atoms with Crippen molar-refractivity contribution in [3.05, 3.63) is 29.8 Å². The molecule has 0 saturated heterocycles. The highest BCUT2D eigenvalue weighted by atomic mass is 32.1. The summed E-state index contributed by atoms with van der Waals surface area (Å²) in [4.78, 5) is 14.0. The van der Waals surface area contributed by atoms with Crippen molar-refractivity contribution in [3.8, 4) is 0 Å². The first kappa shape index (κ1) is 7.79. The van der Waals surface area contributed by atoms with Gasteiger partial charge < -0.3 is 0 Å². The highest BCUT2D eigenvalue weighted by Crippen LogP contribution is 2.11. The Kier molecular flexibility index (Phi) is 2.66. The SMILES string of the molecule is O=Cc1cccc(N=C=S)c1. The summed E-state index contributed by atoms with van der Waals surface area (Å²) in [5.74, 6) is 0. The molecule has 0 bridgehead atoms. The smallest absolute Gasteiger partial charge is 0.150 e. The number of carbonyl (C=O) groups is 1. The summed E-state index contributed by atoms with van der Waals surface area (Å²) >= 11 is 4.41. The lowest BCUT2D eigenvalue weighted by Gasteiger charge is -1.90. The van der Waals surface area contributed by atoms with Crippen LogP contribution in [0.5, 0.6) is 0 Å². The van der Waals surface area contributed by atoms with Crippen molar-refractivity contribution >= 4 is 29.4 Å².